The van der Waals surface area contributed by atoms with Gasteiger partial charge in [0, 0.05) is 11.4 Å². The normalized spacial score (nSPS) is 25.7. The largest absolute Gasteiger partial charge is 0.160 e. The summed E-state index contributed by atoms with van der Waals surface area (Å²) in [6.45, 7) is 4.56. The fraction of sp³-hybridized carbons (Fsp3) is 0.900. The Balaban J connectivity index is 1.70. The van der Waals surface area contributed by atoms with E-state index in [0.717, 1.165) is 11.8 Å². The van der Waals surface area contributed by atoms with Gasteiger partial charge in [0.05, 0.1) is 0 Å². The molecule has 0 N–H and O–H groups in total. The molecule has 0 spiro atoms. The van der Waals surface area contributed by atoms with Crippen molar-refractivity contribution in [3.05, 3.63) is 0 Å². The molecule has 0 atom stereocenters. The highest BCUT2D eigenvalue weighted by atomic mass is 15.2. The minimum Gasteiger partial charge on any atom is -0.160 e. The van der Waals surface area contributed by atoms with Crippen LogP contribution in [0.4, 0.5) is 0 Å². The molecule has 0 unspecified atom stereocenters. The van der Waals surface area contributed by atoms with Crippen molar-refractivity contribution < 1.29 is 0 Å². The van der Waals surface area contributed by atoms with Crippen LogP contribution >= 0.6 is 0 Å². The molecule has 0 aromatic rings. The second-order valence-corrected chi connectivity index (χ2v) is 7.43. The molecule has 1 saturated carbocycles. The van der Waals surface area contributed by atoms with Gasteiger partial charge in [0.25, 0.3) is 0 Å². The minimum atomic E-state index is 0.753. The molecule has 126 valence electrons. The highest BCUT2D eigenvalue weighted by Gasteiger charge is 2.25. The van der Waals surface area contributed by atoms with Gasteiger partial charge < -0.3 is 0 Å². The molecule has 1 fully saturated rings. The Bertz CT molecular complexity index is 362. The van der Waals surface area contributed by atoms with Gasteiger partial charge in [-0.15, -0.1) is 0 Å². The first-order valence-electron chi connectivity index (χ1n) is 9.95. The summed E-state index contributed by atoms with van der Waals surface area (Å²) in [5.74, 6) is 1.75. The first kappa shape index (κ1) is 17.7. The van der Waals surface area contributed by atoms with Crippen molar-refractivity contribution in [1.82, 2.24) is 0 Å². The van der Waals surface area contributed by atoms with Crippen LogP contribution in [0.2, 0.25) is 0 Å². The van der Waals surface area contributed by atoms with E-state index >= 15 is 0 Å². The Morgan fingerprint density at radius 1 is 0.818 bits per heavy atom. The standard InChI is InChI=1S/C20H36N2/c1-3-5-7-9-17-11-13-18(14-12-17)20-16-15-19(21-22-20)10-8-6-4-2/h17-18H,3-16H2,1-2H3. The van der Waals surface area contributed by atoms with E-state index in [1.165, 1.54) is 101 Å². The third-order valence-electron chi connectivity index (χ3n) is 5.59. The van der Waals surface area contributed by atoms with Crippen molar-refractivity contribution in [2.45, 2.75) is 104 Å². The monoisotopic (exact) mass is 304 g/mol. The van der Waals surface area contributed by atoms with E-state index in [2.05, 4.69) is 24.1 Å². The lowest BCUT2D eigenvalue weighted by Gasteiger charge is -2.30. The van der Waals surface area contributed by atoms with Gasteiger partial charge in [-0.25, -0.2) is 0 Å². The Labute approximate surface area is 137 Å². The van der Waals surface area contributed by atoms with Crippen molar-refractivity contribution in [3.63, 3.8) is 0 Å². The summed E-state index contributed by atoms with van der Waals surface area (Å²) in [5.41, 5.74) is 2.77. The molecule has 2 aliphatic rings. The third kappa shape index (κ3) is 5.85. The summed E-state index contributed by atoms with van der Waals surface area (Å²) in [6.07, 6.45) is 18.7. The summed E-state index contributed by atoms with van der Waals surface area (Å²) in [6, 6.07) is 0. The fourth-order valence-electron chi connectivity index (χ4n) is 4.01. The molecule has 0 radical (unpaired) electrons. The molecular weight excluding hydrogens is 268 g/mol. The van der Waals surface area contributed by atoms with Crippen LogP contribution < -0.4 is 0 Å². The van der Waals surface area contributed by atoms with E-state index in [1.54, 1.807) is 0 Å². The maximum atomic E-state index is 4.62. The minimum absolute atomic E-state index is 0.753. The SMILES string of the molecule is CCCCCC1=NN=C(C2CCC(CCCCC)CC2)CC1. The average Bonchev–Trinajstić information content (AvgIpc) is 2.57. The zero-order valence-electron chi connectivity index (χ0n) is 14.9. The molecule has 0 aromatic carbocycles. The van der Waals surface area contributed by atoms with Crippen molar-refractivity contribution in [1.29, 1.82) is 0 Å². The molecular formula is C20H36N2. The molecule has 0 aromatic heterocycles. The zero-order valence-corrected chi connectivity index (χ0v) is 14.9. The summed E-state index contributed by atoms with van der Waals surface area (Å²) in [4.78, 5) is 0. The topological polar surface area (TPSA) is 24.7 Å². The Kier molecular flexibility index (Phi) is 8.18. The van der Waals surface area contributed by atoms with E-state index in [1.807, 2.05) is 0 Å². The number of hydrogen-bond donors (Lipinski definition) is 0. The number of hydrogen-bond acceptors (Lipinski definition) is 2. The lowest BCUT2D eigenvalue weighted by molar-refractivity contribution is 0.297. The molecule has 2 heteroatoms. The van der Waals surface area contributed by atoms with Crippen LogP contribution in [0.3, 0.4) is 0 Å². The van der Waals surface area contributed by atoms with Crippen LogP contribution in [0.5, 0.6) is 0 Å². The van der Waals surface area contributed by atoms with Gasteiger partial charge in [-0.2, -0.15) is 10.2 Å². The van der Waals surface area contributed by atoms with E-state index < -0.39 is 0 Å². The third-order valence-corrected chi connectivity index (χ3v) is 5.59. The summed E-state index contributed by atoms with van der Waals surface area (Å²) < 4.78 is 0. The Hall–Kier alpha value is -0.660. The average molecular weight is 305 g/mol. The zero-order chi connectivity index (χ0) is 15.6. The van der Waals surface area contributed by atoms with Crippen molar-refractivity contribution in [3.8, 4) is 0 Å². The van der Waals surface area contributed by atoms with Gasteiger partial charge in [-0.05, 0) is 63.2 Å². The molecule has 0 amide bonds. The van der Waals surface area contributed by atoms with E-state index in [9.17, 15) is 0 Å². The van der Waals surface area contributed by atoms with Gasteiger partial charge >= 0.3 is 0 Å². The molecule has 1 heterocycles. The highest BCUT2D eigenvalue weighted by molar-refractivity contribution is 5.95. The first-order chi connectivity index (χ1) is 10.8. The van der Waals surface area contributed by atoms with Crippen LogP contribution in [-0.2, 0) is 0 Å². The lowest BCUT2D eigenvalue weighted by atomic mass is 9.77. The molecule has 0 saturated heterocycles. The summed E-state index contributed by atoms with van der Waals surface area (Å²) in [5, 5.41) is 9.16. The van der Waals surface area contributed by atoms with Crippen molar-refractivity contribution >= 4 is 11.4 Å². The smallest absolute Gasteiger partial charge is 0.0440 e. The van der Waals surface area contributed by atoms with Crippen LogP contribution in [0, 0.1) is 11.8 Å². The van der Waals surface area contributed by atoms with E-state index in [4.69, 9.17) is 0 Å². The maximum Gasteiger partial charge on any atom is 0.0440 e. The van der Waals surface area contributed by atoms with Gasteiger partial charge in [-0.3, -0.25) is 0 Å². The molecule has 1 aliphatic carbocycles. The van der Waals surface area contributed by atoms with Gasteiger partial charge in [-0.1, -0.05) is 52.4 Å². The highest BCUT2D eigenvalue weighted by Crippen LogP contribution is 2.34. The quantitative estimate of drug-likeness (QED) is 0.432. The maximum absolute atomic E-state index is 4.62. The summed E-state index contributed by atoms with van der Waals surface area (Å²) in [7, 11) is 0. The Morgan fingerprint density at radius 3 is 2.18 bits per heavy atom. The molecule has 1 aliphatic heterocycles. The molecule has 2 nitrogen and oxygen atoms in total. The molecule has 22 heavy (non-hydrogen) atoms. The van der Waals surface area contributed by atoms with Gasteiger partial charge in [0.15, 0.2) is 0 Å². The molecule has 0 bridgehead atoms. The molecule has 2 rings (SSSR count). The lowest BCUT2D eigenvalue weighted by Crippen LogP contribution is -2.24. The summed E-state index contributed by atoms with van der Waals surface area (Å²) >= 11 is 0. The fourth-order valence-corrected chi connectivity index (χ4v) is 4.01. The van der Waals surface area contributed by atoms with E-state index in [0.29, 0.717) is 0 Å². The van der Waals surface area contributed by atoms with Crippen LogP contribution in [-0.4, -0.2) is 11.4 Å². The van der Waals surface area contributed by atoms with Crippen LogP contribution in [0.1, 0.15) is 104 Å². The van der Waals surface area contributed by atoms with Crippen molar-refractivity contribution in [2.24, 2.45) is 22.0 Å². The van der Waals surface area contributed by atoms with Crippen molar-refractivity contribution in [2.75, 3.05) is 0 Å². The van der Waals surface area contributed by atoms with Gasteiger partial charge in [0.1, 0.15) is 0 Å². The van der Waals surface area contributed by atoms with Gasteiger partial charge in [0.2, 0.25) is 0 Å². The predicted molar refractivity (Wildman–Crippen MR) is 97.8 cm³/mol. The Morgan fingerprint density at radius 2 is 1.55 bits per heavy atom. The predicted octanol–water partition coefficient (Wildman–Crippen LogP) is 6.54. The first-order valence-corrected chi connectivity index (χ1v) is 9.95. The number of rotatable bonds is 9. The number of nitrogens with zero attached hydrogens (tertiary/aromatic N) is 2. The second-order valence-electron chi connectivity index (χ2n) is 7.43. The number of unbranched alkanes of at least 4 members (excludes halogenated alkanes) is 4. The van der Waals surface area contributed by atoms with Crippen LogP contribution in [0.25, 0.3) is 0 Å². The van der Waals surface area contributed by atoms with Crippen LogP contribution in [0.15, 0.2) is 10.2 Å². The second kappa shape index (κ2) is 10.2. The van der Waals surface area contributed by atoms with E-state index in [-0.39, 0.29) is 0 Å².